The third-order valence-electron chi connectivity index (χ3n) is 2.29. The second-order valence-corrected chi connectivity index (χ2v) is 4.45. The van der Waals surface area contributed by atoms with Gasteiger partial charge in [-0.15, -0.1) is 0 Å². The average Bonchev–Trinajstić information content (AvgIpc) is 2.90. The lowest BCUT2D eigenvalue weighted by Gasteiger charge is -2.20. The van der Waals surface area contributed by atoms with E-state index in [1.54, 1.807) is 0 Å². The highest BCUT2D eigenvalue weighted by molar-refractivity contribution is 4.76. The summed E-state index contributed by atoms with van der Waals surface area (Å²) in [6.07, 6.45) is 6.85. The van der Waals surface area contributed by atoms with Crippen LogP contribution in [0.3, 0.4) is 0 Å². The highest BCUT2D eigenvalue weighted by atomic mass is 15.1. The molecule has 0 radical (unpaired) electrons. The minimum absolute atomic E-state index is 1.06. The van der Waals surface area contributed by atoms with Gasteiger partial charge in [0.2, 0.25) is 0 Å². The normalized spacial score (nSPS) is 15.2. The molecule has 14 heavy (non-hydrogen) atoms. The van der Waals surface area contributed by atoms with Crippen molar-refractivity contribution in [3.8, 4) is 0 Å². The van der Waals surface area contributed by atoms with Gasteiger partial charge in [-0.05, 0) is 44.7 Å². The van der Waals surface area contributed by atoms with E-state index in [1.165, 1.54) is 51.7 Å². The van der Waals surface area contributed by atoms with Crippen LogP contribution in [0.5, 0.6) is 0 Å². The molecule has 1 aliphatic carbocycles. The molecule has 0 aromatic carbocycles. The van der Waals surface area contributed by atoms with E-state index in [9.17, 15) is 0 Å². The standard InChI is InChI=1S/C10H21N.C3H8/c1-3-7-11(8-4-2)9-10-5-6-10;1-3-2/h10H,3-9H2,1-2H3;3H2,1-2H3. The molecule has 0 amide bonds. The molecule has 0 bridgehead atoms. The molecule has 1 rings (SSSR count). The Labute approximate surface area is 90.9 Å². The molecule has 1 saturated carbocycles. The third kappa shape index (κ3) is 8.55. The van der Waals surface area contributed by atoms with Gasteiger partial charge in [0, 0.05) is 6.54 Å². The van der Waals surface area contributed by atoms with E-state index >= 15 is 0 Å². The predicted octanol–water partition coefficient (Wildman–Crippen LogP) is 3.93. The molecule has 0 atom stereocenters. The lowest BCUT2D eigenvalue weighted by atomic mass is 10.3. The van der Waals surface area contributed by atoms with Crippen molar-refractivity contribution in [2.24, 2.45) is 5.92 Å². The molecule has 0 N–H and O–H groups in total. The first kappa shape index (κ1) is 14.0. The molecule has 1 heteroatoms. The Bertz CT molecular complexity index is 102. The summed E-state index contributed by atoms with van der Waals surface area (Å²) in [5.41, 5.74) is 0. The Balaban J connectivity index is 0.000000500. The number of nitrogens with zero attached hydrogens (tertiary/aromatic N) is 1. The smallest absolute Gasteiger partial charge is 0.000965 e. The van der Waals surface area contributed by atoms with Gasteiger partial charge in [0.05, 0.1) is 0 Å². The van der Waals surface area contributed by atoms with Crippen molar-refractivity contribution in [2.45, 2.75) is 59.8 Å². The molecule has 0 aromatic heterocycles. The number of hydrogen-bond donors (Lipinski definition) is 0. The van der Waals surface area contributed by atoms with E-state index in [0.717, 1.165) is 5.92 Å². The van der Waals surface area contributed by atoms with Gasteiger partial charge in [0.15, 0.2) is 0 Å². The van der Waals surface area contributed by atoms with Crippen LogP contribution in [0, 0.1) is 5.92 Å². The van der Waals surface area contributed by atoms with Crippen LogP contribution in [-0.4, -0.2) is 24.5 Å². The van der Waals surface area contributed by atoms with Crippen LogP contribution in [0.4, 0.5) is 0 Å². The van der Waals surface area contributed by atoms with E-state index in [4.69, 9.17) is 0 Å². The Hall–Kier alpha value is -0.0400. The van der Waals surface area contributed by atoms with E-state index < -0.39 is 0 Å². The molecular weight excluding hydrogens is 170 g/mol. The van der Waals surface area contributed by atoms with Crippen molar-refractivity contribution in [1.29, 1.82) is 0 Å². The highest BCUT2D eigenvalue weighted by Gasteiger charge is 2.23. The summed E-state index contributed by atoms with van der Waals surface area (Å²) in [4.78, 5) is 2.62. The van der Waals surface area contributed by atoms with Crippen LogP contribution < -0.4 is 0 Å². The van der Waals surface area contributed by atoms with E-state index in [0.29, 0.717) is 0 Å². The summed E-state index contributed by atoms with van der Waals surface area (Å²) in [6.45, 7) is 12.8. The van der Waals surface area contributed by atoms with Gasteiger partial charge >= 0.3 is 0 Å². The average molecular weight is 199 g/mol. The first-order valence-electron chi connectivity index (χ1n) is 6.50. The van der Waals surface area contributed by atoms with Crippen LogP contribution in [-0.2, 0) is 0 Å². The van der Waals surface area contributed by atoms with Gasteiger partial charge in [-0.1, -0.05) is 34.1 Å². The van der Waals surface area contributed by atoms with Crippen molar-refractivity contribution >= 4 is 0 Å². The fourth-order valence-corrected chi connectivity index (χ4v) is 1.59. The van der Waals surface area contributed by atoms with Crippen molar-refractivity contribution in [2.75, 3.05) is 19.6 Å². The SMILES string of the molecule is CCC.CCCN(CCC)CC1CC1. The first-order valence-corrected chi connectivity index (χ1v) is 6.50. The maximum absolute atomic E-state index is 2.62. The number of hydrogen-bond acceptors (Lipinski definition) is 1. The maximum Gasteiger partial charge on any atom is 0.000965 e. The highest BCUT2D eigenvalue weighted by Crippen LogP contribution is 2.29. The molecule has 1 aliphatic rings. The zero-order chi connectivity index (χ0) is 10.8. The van der Waals surface area contributed by atoms with Crippen LogP contribution >= 0.6 is 0 Å². The summed E-state index contributed by atoms with van der Waals surface area (Å²) >= 11 is 0. The molecular formula is C13H29N. The molecule has 0 spiro atoms. The lowest BCUT2D eigenvalue weighted by molar-refractivity contribution is 0.264. The minimum atomic E-state index is 1.06. The zero-order valence-electron chi connectivity index (χ0n) is 10.7. The quantitative estimate of drug-likeness (QED) is 0.626. The molecule has 1 nitrogen and oxygen atoms in total. The summed E-state index contributed by atoms with van der Waals surface area (Å²) in [5.74, 6) is 1.06. The van der Waals surface area contributed by atoms with Gasteiger partial charge in [0.1, 0.15) is 0 Å². The van der Waals surface area contributed by atoms with Gasteiger partial charge < -0.3 is 4.90 Å². The second-order valence-electron chi connectivity index (χ2n) is 4.45. The molecule has 0 aromatic rings. The Morgan fingerprint density at radius 2 is 1.36 bits per heavy atom. The van der Waals surface area contributed by atoms with Gasteiger partial charge in [0.25, 0.3) is 0 Å². The van der Waals surface area contributed by atoms with Gasteiger partial charge in [-0.3, -0.25) is 0 Å². The monoisotopic (exact) mass is 199 g/mol. The van der Waals surface area contributed by atoms with Gasteiger partial charge in [-0.2, -0.15) is 0 Å². The summed E-state index contributed by atoms with van der Waals surface area (Å²) in [6, 6.07) is 0. The van der Waals surface area contributed by atoms with Crippen molar-refractivity contribution in [3.63, 3.8) is 0 Å². The lowest BCUT2D eigenvalue weighted by Crippen LogP contribution is -2.27. The third-order valence-corrected chi connectivity index (χ3v) is 2.29. The van der Waals surface area contributed by atoms with Gasteiger partial charge in [-0.25, -0.2) is 0 Å². The fraction of sp³-hybridized carbons (Fsp3) is 1.00. The Kier molecular flexibility index (Phi) is 9.49. The summed E-state index contributed by atoms with van der Waals surface area (Å²) in [7, 11) is 0. The van der Waals surface area contributed by atoms with Crippen LogP contribution in [0.15, 0.2) is 0 Å². The maximum atomic E-state index is 2.62. The van der Waals surface area contributed by atoms with E-state index in [1.807, 2.05) is 0 Å². The fourth-order valence-electron chi connectivity index (χ4n) is 1.59. The minimum Gasteiger partial charge on any atom is -0.303 e. The zero-order valence-corrected chi connectivity index (χ0v) is 10.7. The van der Waals surface area contributed by atoms with E-state index in [2.05, 4.69) is 32.6 Å². The van der Waals surface area contributed by atoms with Crippen molar-refractivity contribution < 1.29 is 0 Å². The summed E-state index contributed by atoms with van der Waals surface area (Å²) in [5, 5.41) is 0. The molecule has 0 saturated heterocycles. The van der Waals surface area contributed by atoms with Crippen LogP contribution in [0.2, 0.25) is 0 Å². The predicted molar refractivity (Wildman–Crippen MR) is 65.7 cm³/mol. The van der Waals surface area contributed by atoms with Crippen molar-refractivity contribution in [3.05, 3.63) is 0 Å². The summed E-state index contributed by atoms with van der Waals surface area (Å²) < 4.78 is 0. The largest absolute Gasteiger partial charge is 0.303 e. The molecule has 0 unspecified atom stereocenters. The first-order chi connectivity index (χ1) is 6.78. The molecule has 1 fully saturated rings. The van der Waals surface area contributed by atoms with Crippen LogP contribution in [0.1, 0.15) is 59.8 Å². The molecule has 86 valence electrons. The number of rotatable bonds is 6. The molecule has 0 aliphatic heterocycles. The second kappa shape index (κ2) is 9.51. The van der Waals surface area contributed by atoms with E-state index in [-0.39, 0.29) is 0 Å². The molecule has 0 heterocycles. The topological polar surface area (TPSA) is 3.24 Å². The Morgan fingerprint density at radius 3 is 1.64 bits per heavy atom. The Morgan fingerprint density at radius 1 is 0.929 bits per heavy atom. The van der Waals surface area contributed by atoms with Crippen LogP contribution in [0.25, 0.3) is 0 Å². The van der Waals surface area contributed by atoms with Crippen molar-refractivity contribution in [1.82, 2.24) is 4.90 Å².